The first-order chi connectivity index (χ1) is 15.4. The molecule has 1 aliphatic heterocycles. The summed E-state index contributed by atoms with van der Waals surface area (Å²) in [5, 5.41) is 12.6. The molecule has 0 N–H and O–H groups in total. The maximum atomic E-state index is 13.3. The summed E-state index contributed by atoms with van der Waals surface area (Å²) in [7, 11) is 0. The van der Waals surface area contributed by atoms with Gasteiger partial charge in [0.25, 0.3) is 23.4 Å². The van der Waals surface area contributed by atoms with Crippen LogP contribution in [0, 0.1) is 22.0 Å². The minimum absolute atomic E-state index is 0.0342. The number of non-ortho nitro benzene ring substituents is 1. The van der Waals surface area contributed by atoms with Gasteiger partial charge in [0, 0.05) is 23.3 Å². The van der Waals surface area contributed by atoms with Gasteiger partial charge in [-0.25, -0.2) is 5.01 Å². The van der Waals surface area contributed by atoms with Gasteiger partial charge in [0.2, 0.25) is 0 Å². The Kier molecular flexibility index (Phi) is 5.81. The van der Waals surface area contributed by atoms with Crippen LogP contribution in [0.1, 0.15) is 46.4 Å². The average molecular weight is 435 g/mol. The van der Waals surface area contributed by atoms with Crippen LogP contribution in [0.15, 0.2) is 54.6 Å². The van der Waals surface area contributed by atoms with E-state index in [1.807, 2.05) is 0 Å². The number of carbonyl (C=O) groups is 4. The van der Waals surface area contributed by atoms with Crippen molar-refractivity contribution in [3.63, 3.8) is 0 Å². The number of fused-ring (bicyclic) bond motifs is 1. The number of hydrogen-bond acceptors (Lipinski definition) is 6. The zero-order chi connectivity index (χ0) is 22.8. The molecule has 9 nitrogen and oxygen atoms in total. The quantitative estimate of drug-likeness (QED) is 0.298. The molecular formula is C23H21N3O6. The number of benzene rings is 2. The second-order valence-corrected chi connectivity index (χ2v) is 7.94. The van der Waals surface area contributed by atoms with Gasteiger partial charge in [0.15, 0.2) is 5.78 Å². The SMILES string of the molecule is O=C(CN(C(=O)c1ccc([N+](=O)[O-])cc1)N1C(=O)[C@H]2CCCC[C@H]2C1=O)c1ccccc1. The summed E-state index contributed by atoms with van der Waals surface area (Å²) in [6, 6.07) is 13.1. The lowest BCUT2D eigenvalue weighted by Crippen LogP contribution is -2.52. The first kappa shape index (κ1) is 21.4. The van der Waals surface area contributed by atoms with E-state index in [1.54, 1.807) is 30.3 Å². The van der Waals surface area contributed by atoms with E-state index in [2.05, 4.69) is 0 Å². The average Bonchev–Trinajstić information content (AvgIpc) is 3.07. The number of rotatable bonds is 6. The van der Waals surface area contributed by atoms with Gasteiger partial charge >= 0.3 is 0 Å². The molecule has 0 unspecified atom stereocenters. The number of nitro benzene ring substituents is 1. The zero-order valence-electron chi connectivity index (χ0n) is 17.2. The van der Waals surface area contributed by atoms with Crippen molar-refractivity contribution >= 4 is 29.2 Å². The fraction of sp³-hybridized carbons (Fsp3) is 0.304. The van der Waals surface area contributed by atoms with E-state index in [1.165, 1.54) is 12.1 Å². The van der Waals surface area contributed by atoms with Crippen molar-refractivity contribution in [3.8, 4) is 0 Å². The van der Waals surface area contributed by atoms with E-state index in [9.17, 15) is 29.3 Å². The first-order valence-electron chi connectivity index (χ1n) is 10.4. The van der Waals surface area contributed by atoms with Crippen LogP contribution in [0.25, 0.3) is 0 Å². The number of imide groups is 1. The summed E-state index contributed by atoms with van der Waals surface area (Å²) in [4.78, 5) is 62.8. The molecule has 1 heterocycles. The van der Waals surface area contributed by atoms with E-state index in [4.69, 9.17) is 0 Å². The van der Waals surface area contributed by atoms with Crippen molar-refractivity contribution < 1.29 is 24.1 Å². The highest BCUT2D eigenvalue weighted by molar-refractivity contribution is 6.09. The molecule has 0 spiro atoms. The molecule has 1 saturated carbocycles. The highest BCUT2D eigenvalue weighted by Crippen LogP contribution is 2.39. The van der Waals surface area contributed by atoms with Gasteiger partial charge < -0.3 is 0 Å². The third-order valence-electron chi connectivity index (χ3n) is 6.01. The van der Waals surface area contributed by atoms with Gasteiger partial charge in [0.1, 0.15) is 6.54 Å². The van der Waals surface area contributed by atoms with Gasteiger partial charge in [-0.15, -0.1) is 0 Å². The highest BCUT2D eigenvalue weighted by Gasteiger charge is 2.51. The third kappa shape index (κ3) is 3.89. The van der Waals surface area contributed by atoms with E-state index in [0.717, 1.165) is 35.0 Å². The summed E-state index contributed by atoms with van der Waals surface area (Å²) >= 11 is 0. The van der Waals surface area contributed by atoms with E-state index in [0.29, 0.717) is 18.4 Å². The number of amides is 3. The maximum absolute atomic E-state index is 13.3. The van der Waals surface area contributed by atoms with E-state index >= 15 is 0 Å². The van der Waals surface area contributed by atoms with Gasteiger partial charge in [-0.1, -0.05) is 43.2 Å². The molecule has 2 aromatic carbocycles. The third-order valence-corrected chi connectivity index (χ3v) is 6.01. The normalized spacial score (nSPS) is 20.1. The van der Waals surface area contributed by atoms with Crippen LogP contribution in [-0.4, -0.2) is 45.0 Å². The summed E-state index contributed by atoms with van der Waals surface area (Å²) in [5.74, 6) is -3.11. The minimum atomic E-state index is -0.746. The Hall–Kier alpha value is -3.88. The zero-order valence-corrected chi connectivity index (χ0v) is 17.2. The molecule has 3 amide bonds. The van der Waals surface area contributed by atoms with Crippen molar-refractivity contribution in [2.45, 2.75) is 25.7 Å². The maximum Gasteiger partial charge on any atom is 0.273 e. The minimum Gasteiger partial charge on any atom is -0.292 e. The number of carbonyl (C=O) groups excluding carboxylic acids is 4. The number of hydrazine groups is 1. The largest absolute Gasteiger partial charge is 0.292 e. The Morgan fingerprint density at radius 3 is 2.00 bits per heavy atom. The van der Waals surface area contributed by atoms with Gasteiger partial charge in [-0.2, -0.15) is 5.01 Å². The first-order valence-corrected chi connectivity index (χ1v) is 10.4. The van der Waals surface area contributed by atoms with Crippen LogP contribution in [0.4, 0.5) is 5.69 Å². The molecule has 164 valence electrons. The number of Topliss-reactive ketones (excluding diaryl/α,β-unsaturated/α-hetero) is 1. The predicted octanol–water partition coefficient (Wildman–Crippen LogP) is 3.01. The van der Waals surface area contributed by atoms with Crippen LogP contribution >= 0.6 is 0 Å². The molecule has 2 aromatic rings. The number of nitrogens with zero attached hydrogens (tertiary/aromatic N) is 3. The Morgan fingerprint density at radius 1 is 0.906 bits per heavy atom. The number of hydrogen-bond donors (Lipinski definition) is 0. The topological polar surface area (TPSA) is 118 Å². The molecule has 1 aliphatic carbocycles. The molecule has 0 radical (unpaired) electrons. The Labute approximate surface area is 183 Å². The fourth-order valence-electron chi connectivity index (χ4n) is 4.34. The molecule has 2 fully saturated rings. The molecule has 9 heteroatoms. The van der Waals surface area contributed by atoms with Crippen molar-refractivity contribution in [3.05, 3.63) is 75.8 Å². The standard InChI is InChI=1S/C23H21N3O6/c27-20(15-6-2-1-3-7-15)14-24(21(28)16-10-12-17(13-11-16)26(31)32)25-22(29)18-8-4-5-9-19(18)23(25)30/h1-3,6-7,10-13,18-19H,4-5,8-9,14H2/t18-,19+. The molecular weight excluding hydrogens is 414 g/mol. The lowest BCUT2D eigenvalue weighted by molar-refractivity contribution is -0.384. The second-order valence-electron chi connectivity index (χ2n) is 7.94. The van der Waals surface area contributed by atoms with Crippen molar-refractivity contribution in [1.29, 1.82) is 0 Å². The fourth-order valence-corrected chi connectivity index (χ4v) is 4.34. The van der Waals surface area contributed by atoms with Crippen LogP contribution < -0.4 is 0 Å². The number of nitro groups is 1. The molecule has 0 aromatic heterocycles. The Morgan fingerprint density at radius 2 is 1.47 bits per heavy atom. The van der Waals surface area contributed by atoms with Crippen LogP contribution in [0.5, 0.6) is 0 Å². The Bertz CT molecular complexity index is 1060. The lowest BCUT2D eigenvalue weighted by atomic mass is 9.81. The molecule has 2 atom stereocenters. The van der Waals surface area contributed by atoms with Gasteiger partial charge in [-0.05, 0) is 25.0 Å². The Balaban J connectivity index is 1.68. The molecule has 32 heavy (non-hydrogen) atoms. The van der Waals surface area contributed by atoms with E-state index < -0.39 is 46.8 Å². The highest BCUT2D eigenvalue weighted by atomic mass is 16.6. The molecule has 4 rings (SSSR count). The summed E-state index contributed by atoms with van der Waals surface area (Å²) in [6.45, 7) is -0.503. The molecule has 0 bridgehead atoms. The van der Waals surface area contributed by atoms with Crippen molar-refractivity contribution in [2.24, 2.45) is 11.8 Å². The van der Waals surface area contributed by atoms with Gasteiger partial charge in [-0.3, -0.25) is 29.3 Å². The van der Waals surface area contributed by atoms with E-state index in [-0.39, 0.29) is 11.3 Å². The summed E-state index contributed by atoms with van der Waals surface area (Å²) in [6.07, 6.45) is 2.79. The monoisotopic (exact) mass is 435 g/mol. The lowest BCUT2D eigenvalue weighted by Gasteiger charge is -2.30. The van der Waals surface area contributed by atoms with Gasteiger partial charge in [0.05, 0.1) is 16.8 Å². The van der Waals surface area contributed by atoms with Crippen LogP contribution in [-0.2, 0) is 9.59 Å². The predicted molar refractivity (Wildman–Crippen MR) is 112 cm³/mol. The number of ketones is 1. The van der Waals surface area contributed by atoms with Crippen LogP contribution in [0.3, 0.4) is 0 Å². The molecule has 1 saturated heterocycles. The molecule has 2 aliphatic rings. The van der Waals surface area contributed by atoms with Crippen molar-refractivity contribution in [1.82, 2.24) is 10.0 Å². The smallest absolute Gasteiger partial charge is 0.273 e. The van der Waals surface area contributed by atoms with Crippen molar-refractivity contribution in [2.75, 3.05) is 6.54 Å². The summed E-state index contributed by atoms with van der Waals surface area (Å²) < 4.78 is 0. The van der Waals surface area contributed by atoms with Crippen LogP contribution in [0.2, 0.25) is 0 Å². The summed E-state index contributed by atoms with van der Waals surface area (Å²) in [5.41, 5.74) is 0.172. The second kappa shape index (κ2) is 8.70.